The highest BCUT2D eigenvalue weighted by Crippen LogP contribution is 2.33. The minimum Gasteiger partial charge on any atom is -0.382 e. The molecule has 0 saturated carbocycles. The molecule has 1 aromatic carbocycles. The van der Waals surface area contributed by atoms with Gasteiger partial charge in [0, 0.05) is 19.7 Å². The molecule has 0 amide bonds. The number of benzene rings is 1. The molecular weight excluding hydrogens is 248 g/mol. The standard InChI is InChI=1S/C17H28N2O/c1-13(20-3)4-5-14-6-8-16(9-7-14)17-10-15(11-18)12-19(17)2/h6-9,13,15,17H,4-5,10-12,18H2,1-3H3. The van der Waals surface area contributed by atoms with Crippen LogP contribution in [-0.2, 0) is 11.2 Å². The van der Waals surface area contributed by atoms with Crippen molar-refractivity contribution in [2.75, 3.05) is 27.2 Å². The van der Waals surface area contributed by atoms with Gasteiger partial charge < -0.3 is 10.5 Å². The molecule has 1 heterocycles. The summed E-state index contributed by atoms with van der Waals surface area (Å²) in [4.78, 5) is 2.43. The second kappa shape index (κ2) is 7.21. The topological polar surface area (TPSA) is 38.5 Å². The molecule has 1 saturated heterocycles. The van der Waals surface area contributed by atoms with Crippen molar-refractivity contribution in [3.63, 3.8) is 0 Å². The summed E-state index contributed by atoms with van der Waals surface area (Å²) in [7, 11) is 3.98. The Balaban J connectivity index is 1.94. The van der Waals surface area contributed by atoms with Crippen LogP contribution in [0.2, 0.25) is 0 Å². The van der Waals surface area contributed by atoms with Crippen molar-refractivity contribution in [2.24, 2.45) is 11.7 Å². The monoisotopic (exact) mass is 276 g/mol. The number of likely N-dealkylation sites (tertiary alicyclic amines) is 1. The van der Waals surface area contributed by atoms with Crippen LogP contribution in [-0.4, -0.2) is 38.3 Å². The molecule has 1 aliphatic heterocycles. The molecule has 1 fully saturated rings. The van der Waals surface area contributed by atoms with Gasteiger partial charge in [-0.3, -0.25) is 4.90 Å². The van der Waals surface area contributed by atoms with E-state index in [1.54, 1.807) is 7.11 Å². The molecule has 0 aliphatic carbocycles. The van der Waals surface area contributed by atoms with Gasteiger partial charge in [0.25, 0.3) is 0 Å². The van der Waals surface area contributed by atoms with Gasteiger partial charge in [-0.1, -0.05) is 24.3 Å². The number of hydrogen-bond donors (Lipinski definition) is 1. The van der Waals surface area contributed by atoms with Gasteiger partial charge in [-0.05, 0) is 56.8 Å². The summed E-state index contributed by atoms with van der Waals surface area (Å²) in [5.74, 6) is 0.646. The third-order valence-electron chi connectivity index (χ3n) is 4.57. The number of hydrogen-bond acceptors (Lipinski definition) is 3. The normalized spacial score (nSPS) is 25.0. The van der Waals surface area contributed by atoms with E-state index in [9.17, 15) is 0 Å². The van der Waals surface area contributed by atoms with E-state index in [0.29, 0.717) is 18.1 Å². The zero-order valence-corrected chi connectivity index (χ0v) is 13.0. The Morgan fingerprint density at radius 1 is 1.35 bits per heavy atom. The van der Waals surface area contributed by atoms with Gasteiger partial charge >= 0.3 is 0 Å². The SMILES string of the molecule is COC(C)CCc1ccc(C2CC(CN)CN2C)cc1. The van der Waals surface area contributed by atoms with Crippen molar-refractivity contribution in [1.29, 1.82) is 0 Å². The molecule has 0 aromatic heterocycles. The summed E-state index contributed by atoms with van der Waals surface area (Å²) in [5, 5.41) is 0. The molecule has 3 unspecified atom stereocenters. The summed E-state index contributed by atoms with van der Waals surface area (Å²) >= 11 is 0. The van der Waals surface area contributed by atoms with E-state index in [4.69, 9.17) is 10.5 Å². The molecule has 3 heteroatoms. The number of ether oxygens (including phenoxy) is 1. The molecule has 20 heavy (non-hydrogen) atoms. The molecule has 3 nitrogen and oxygen atoms in total. The lowest BCUT2D eigenvalue weighted by Gasteiger charge is -2.20. The summed E-state index contributed by atoms with van der Waals surface area (Å²) in [6.07, 6.45) is 3.68. The van der Waals surface area contributed by atoms with Gasteiger partial charge in [-0.2, -0.15) is 0 Å². The fourth-order valence-corrected chi connectivity index (χ4v) is 3.06. The largest absolute Gasteiger partial charge is 0.382 e. The second-order valence-electron chi connectivity index (χ2n) is 6.12. The predicted molar refractivity (Wildman–Crippen MR) is 83.8 cm³/mol. The molecule has 0 spiro atoms. The average Bonchev–Trinajstić information content (AvgIpc) is 2.86. The van der Waals surface area contributed by atoms with E-state index in [2.05, 4.69) is 43.1 Å². The highest BCUT2D eigenvalue weighted by Gasteiger charge is 2.29. The van der Waals surface area contributed by atoms with E-state index in [1.165, 1.54) is 17.5 Å². The summed E-state index contributed by atoms with van der Waals surface area (Å²) < 4.78 is 5.30. The van der Waals surface area contributed by atoms with Crippen LogP contribution in [0.1, 0.15) is 36.9 Å². The smallest absolute Gasteiger partial charge is 0.0546 e. The lowest BCUT2D eigenvalue weighted by molar-refractivity contribution is 0.111. The highest BCUT2D eigenvalue weighted by atomic mass is 16.5. The Labute approximate surface area is 123 Å². The Morgan fingerprint density at radius 3 is 2.60 bits per heavy atom. The van der Waals surface area contributed by atoms with Crippen molar-refractivity contribution in [1.82, 2.24) is 4.90 Å². The Hall–Kier alpha value is -0.900. The average molecular weight is 276 g/mol. The fraction of sp³-hybridized carbons (Fsp3) is 0.647. The number of rotatable bonds is 6. The minimum absolute atomic E-state index is 0.334. The van der Waals surface area contributed by atoms with Crippen molar-refractivity contribution >= 4 is 0 Å². The zero-order valence-electron chi connectivity index (χ0n) is 13.0. The van der Waals surface area contributed by atoms with E-state index >= 15 is 0 Å². The highest BCUT2D eigenvalue weighted by molar-refractivity contribution is 5.26. The first-order valence-corrected chi connectivity index (χ1v) is 7.66. The molecule has 2 rings (SSSR count). The lowest BCUT2D eigenvalue weighted by atomic mass is 9.98. The quantitative estimate of drug-likeness (QED) is 0.868. The number of nitrogens with zero attached hydrogens (tertiary/aromatic N) is 1. The second-order valence-corrected chi connectivity index (χ2v) is 6.12. The van der Waals surface area contributed by atoms with Crippen molar-refractivity contribution < 1.29 is 4.74 Å². The van der Waals surface area contributed by atoms with E-state index in [1.807, 2.05) is 0 Å². The van der Waals surface area contributed by atoms with E-state index in [0.717, 1.165) is 25.9 Å². The van der Waals surface area contributed by atoms with Crippen LogP contribution in [0.15, 0.2) is 24.3 Å². The van der Waals surface area contributed by atoms with Crippen molar-refractivity contribution in [3.8, 4) is 0 Å². The fourth-order valence-electron chi connectivity index (χ4n) is 3.06. The van der Waals surface area contributed by atoms with Crippen molar-refractivity contribution in [2.45, 2.75) is 38.3 Å². The first-order chi connectivity index (χ1) is 9.63. The molecule has 1 aliphatic rings. The van der Waals surface area contributed by atoms with Crippen LogP contribution in [0, 0.1) is 5.92 Å². The number of nitrogens with two attached hydrogens (primary N) is 1. The third kappa shape index (κ3) is 3.81. The number of methoxy groups -OCH3 is 1. The van der Waals surface area contributed by atoms with Gasteiger partial charge in [0.05, 0.1) is 6.10 Å². The van der Waals surface area contributed by atoms with E-state index < -0.39 is 0 Å². The molecule has 0 radical (unpaired) electrons. The van der Waals surface area contributed by atoms with Gasteiger partial charge in [-0.15, -0.1) is 0 Å². The summed E-state index contributed by atoms with van der Waals surface area (Å²) in [6.45, 7) is 4.04. The minimum atomic E-state index is 0.334. The Bertz CT molecular complexity index is 404. The molecule has 1 aromatic rings. The Morgan fingerprint density at radius 2 is 2.05 bits per heavy atom. The van der Waals surface area contributed by atoms with Crippen LogP contribution in [0.3, 0.4) is 0 Å². The Kier molecular flexibility index (Phi) is 5.58. The van der Waals surface area contributed by atoms with Gasteiger partial charge in [-0.25, -0.2) is 0 Å². The molecule has 112 valence electrons. The van der Waals surface area contributed by atoms with Crippen LogP contribution in [0.5, 0.6) is 0 Å². The molecular formula is C17H28N2O. The lowest BCUT2D eigenvalue weighted by Crippen LogP contribution is -2.20. The van der Waals surface area contributed by atoms with Gasteiger partial charge in [0.1, 0.15) is 0 Å². The molecule has 0 bridgehead atoms. The third-order valence-corrected chi connectivity index (χ3v) is 4.57. The number of aryl methyl sites for hydroxylation is 1. The summed E-state index contributed by atoms with van der Waals surface area (Å²) in [6, 6.07) is 9.64. The predicted octanol–water partition coefficient (Wildman–Crippen LogP) is 2.61. The first-order valence-electron chi connectivity index (χ1n) is 7.66. The van der Waals surface area contributed by atoms with Crippen LogP contribution in [0.25, 0.3) is 0 Å². The van der Waals surface area contributed by atoms with Crippen LogP contribution in [0.4, 0.5) is 0 Å². The van der Waals surface area contributed by atoms with Gasteiger partial charge in [0.15, 0.2) is 0 Å². The zero-order chi connectivity index (χ0) is 14.5. The van der Waals surface area contributed by atoms with E-state index in [-0.39, 0.29) is 0 Å². The van der Waals surface area contributed by atoms with Gasteiger partial charge in [0.2, 0.25) is 0 Å². The first kappa shape index (κ1) is 15.5. The van der Waals surface area contributed by atoms with Crippen molar-refractivity contribution in [3.05, 3.63) is 35.4 Å². The maximum absolute atomic E-state index is 5.80. The van der Waals surface area contributed by atoms with Crippen LogP contribution < -0.4 is 5.73 Å². The molecule has 3 atom stereocenters. The molecule has 2 N–H and O–H groups in total. The summed E-state index contributed by atoms with van der Waals surface area (Å²) in [5.41, 5.74) is 8.62. The maximum atomic E-state index is 5.80. The van der Waals surface area contributed by atoms with Crippen LogP contribution >= 0.6 is 0 Å². The maximum Gasteiger partial charge on any atom is 0.0546 e.